The molecule has 2 heterocycles. The van der Waals surface area contributed by atoms with Gasteiger partial charge in [-0.3, -0.25) is 0 Å². The molecule has 0 atom stereocenters. The van der Waals surface area contributed by atoms with Gasteiger partial charge >= 0.3 is 0 Å². The van der Waals surface area contributed by atoms with E-state index in [1.165, 1.54) is 44.1 Å². The number of para-hydroxylation sites is 4. The lowest BCUT2D eigenvalue weighted by Gasteiger charge is -2.28. The number of hydrogen-bond acceptors (Lipinski definition) is 2. The molecule has 0 amide bonds. The Bertz CT molecular complexity index is 3550. The van der Waals surface area contributed by atoms with Crippen LogP contribution in [0.1, 0.15) is 0 Å². The fourth-order valence-electron chi connectivity index (χ4n) is 9.45. The Kier molecular flexibility index (Phi) is 8.83. The second-order valence-electron chi connectivity index (χ2n) is 16.1. The van der Waals surface area contributed by atoms with Crippen LogP contribution < -0.4 is 4.90 Å². The average molecular weight is 805 g/mol. The van der Waals surface area contributed by atoms with Crippen molar-refractivity contribution >= 4 is 60.8 Å². The minimum atomic E-state index is 0.903. The van der Waals surface area contributed by atoms with E-state index in [4.69, 9.17) is 4.42 Å². The van der Waals surface area contributed by atoms with Crippen molar-refractivity contribution in [3.05, 3.63) is 243 Å². The Balaban J connectivity index is 0.902. The van der Waals surface area contributed by atoms with Crippen LogP contribution in [0.3, 0.4) is 0 Å². The molecule has 3 heteroatoms. The predicted octanol–water partition coefficient (Wildman–Crippen LogP) is 16.8. The molecule has 0 unspecified atom stereocenters. The molecule has 0 aliphatic carbocycles. The predicted molar refractivity (Wildman–Crippen MR) is 264 cm³/mol. The normalized spacial score (nSPS) is 11.5. The molecular weight excluding hydrogens is 765 g/mol. The molecule has 10 aromatic carbocycles. The van der Waals surface area contributed by atoms with E-state index in [2.05, 4.69) is 240 Å². The van der Waals surface area contributed by atoms with E-state index in [1.807, 2.05) is 12.1 Å². The van der Waals surface area contributed by atoms with Crippen LogP contribution in [0, 0.1) is 0 Å². The third-order valence-corrected chi connectivity index (χ3v) is 12.4. The van der Waals surface area contributed by atoms with Gasteiger partial charge in [0.05, 0.1) is 16.7 Å². The molecule has 0 saturated carbocycles. The first-order valence-electron chi connectivity index (χ1n) is 21.5. The lowest BCUT2D eigenvalue weighted by Crippen LogP contribution is -2.11. The second kappa shape index (κ2) is 15.3. The van der Waals surface area contributed by atoms with Gasteiger partial charge in [-0.05, 0) is 112 Å². The number of anilines is 3. The maximum Gasteiger partial charge on any atom is 0.136 e. The first-order valence-corrected chi connectivity index (χ1v) is 21.5. The molecule has 0 aliphatic rings. The Hall–Kier alpha value is -8.40. The molecule has 12 aromatic rings. The average Bonchev–Trinajstić information content (AvgIpc) is 3.91. The molecule has 63 heavy (non-hydrogen) atoms. The van der Waals surface area contributed by atoms with Crippen LogP contribution in [0.2, 0.25) is 0 Å². The lowest BCUT2D eigenvalue weighted by atomic mass is 9.95. The topological polar surface area (TPSA) is 21.3 Å². The van der Waals surface area contributed by atoms with Crippen molar-refractivity contribution in [1.82, 2.24) is 4.57 Å². The lowest BCUT2D eigenvalue weighted by molar-refractivity contribution is 0.669. The Labute approximate surface area is 366 Å². The number of fused-ring (bicyclic) bond motifs is 6. The van der Waals surface area contributed by atoms with Crippen molar-refractivity contribution in [2.75, 3.05) is 4.90 Å². The highest BCUT2D eigenvalue weighted by Gasteiger charge is 2.19. The van der Waals surface area contributed by atoms with Gasteiger partial charge in [0.15, 0.2) is 0 Å². The summed E-state index contributed by atoms with van der Waals surface area (Å²) >= 11 is 0. The molecule has 12 rings (SSSR count). The Morgan fingerprint density at radius 3 is 1.51 bits per heavy atom. The van der Waals surface area contributed by atoms with Gasteiger partial charge in [0.25, 0.3) is 0 Å². The van der Waals surface area contributed by atoms with Crippen molar-refractivity contribution in [3.63, 3.8) is 0 Å². The largest absolute Gasteiger partial charge is 0.456 e. The summed E-state index contributed by atoms with van der Waals surface area (Å²) in [5.41, 5.74) is 18.0. The fraction of sp³-hybridized carbons (Fsp3) is 0. The number of nitrogens with zero attached hydrogens (tertiary/aromatic N) is 2. The molecular formula is C60H40N2O. The van der Waals surface area contributed by atoms with Gasteiger partial charge < -0.3 is 13.9 Å². The minimum absolute atomic E-state index is 0.903. The third-order valence-electron chi connectivity index (χ3n) is 12.4. The maximum atomic E-state index is 6.24. The van der Waals surface area contributed by atoms with E-state index in [0.717, 1.165) is 66.9 Å². The van der Waals surface area contributed by atoms with Gasteiger partial charge in [-0.15, -0.1) is 0 Å². The van der Waals surface area contributed by atoms with E-state index in [1.54, 1.807) is 0 Å². The number of rotatable bonds is 8. The summed E-state index contributed by atoms with van der Waals surface area (Å²) < 4.78 is 8.60. The number of hydrogen-bond donors (Lipinski definition) is 0. The summed E-state index contributed by atoms with van der Waals surface area (Å²) in [6, 6.07) is 87.1. The van der Waals surface area contributed by atoms with Gasteiger partial charge in [-0.1, -0.05) is 170 Å². The molecule has 3 nitrogen and oxygen atoms in total. The zero-order chi connectivity index (χ0) is 41.7. The first-order chi connectivity index (χ1) is 31.2. The summed E-state index contributed by atoms with van der Waals surface area (Å²) in [7, 11) is 0. The molecule has 0 bridgehead atoms. The monoisotopic (exact) mass is 804 g/mol. The van der Waals surface area contributed by atoms with Crippen molar-refractivity contribution < 1.29 is 4.42 Å². The molecule has 2 aromatic heterocycles. The Morgan fingerprint density at radius 2 is 0.810 bits per heavy atom. The SMILES string of the molecule is c1ccc(-c2ccccc2N(c2ccc(-c3ccc(-n4c5ccccc5c5ccccc54)cc3)cc2)c2ccc(-c3cccc(-c4cccc5oc6ccccc6c45)c3)cc2)cc1. The number of aromatic nitrogens is 1. The van der Waals surface area contributed by atoms with Gasteiger partial charge in [0.2, 0.25) is 0 Å². The van der Waals surface area contributed by atoms with Gasteiger partial charge in [-0.2, -0.15) is 0 Å². The van der Waals surface area contributed by atoms with Crippen LogP contribution >= 0.6 is 0 Å². The van der Waals surface area contributed by atoms with Crippen LogP contribution in [0.5, 0.6) is 0 Å². The molecule has 0 aliphatic heterocycles. The van der Waals surface area contributed by atoms with Crippen LogP contribution in [0.15, 0.2) is 247 Å². The minimum Gasteiger partial charge on any atom is -0.456 e. The molecule has 0 N–H and O–H groups in total. The molecule has 296 valence electrons. The number of benzene rings is 10. The fourth-order valence-corrected chi connectivity index (χ4v) is 9.45. The zero-order valence-electron chi connectivity index (χ0n) is 34.4. The zero-order valence-corrected chi connectivity index (χ0v) is 34.4. The van der Waals surface area contributed by atoms with E-state index in [9.17, 15) is 0 Å². The first kappa shape index (κ1) is 36.5. The van der Waals surface area contributed by atoms with Crippen LogP contribution in [0.25, 0.3) is 93.9 Å². The number of furan rings is 1. The van der Waals surface area contributed by atoms with E-state index in [-0.39, 0.29) is 0 Å². The summed E-state index contributed by atoms with van der Waals surface area (Å²) in [5, 5.41) is 4.82. The summed E-state index contributed by atoms with van der Waals surface area (Å²) in [5.74, 6) is 0. The maximum absolute atomic E-state index is 6.24. The van der Waals surface area contributed by atoms with Gasteiger partial charge in [0.1, 0.15) is 11.2 Å². The van der Waals surface area contributed by atoms with Crippen LogP contribution in [-0.2, 0) is 0 Å². The standard InChI is InChI=1S/C60H40N2O/c1-2-14-44(15-3-1)50-18-4-8-23-55(50)61(47-34-28-41(29-35-47)42-30-38-49(39-31-42)62-56-24-9-5-19-52(56)53-20-6-10-25-57(53)62)48-36-32-43(33-37-48)45-16-12-17-46(40-45)51-22-13-27-59-60(51)54-21-7-11-26-58(54)63-59/h1-40H. The molecule has 0 spiro atoms. The summed E-state index contributed by atoms with van der Waals surface area (Å²) in [6.45, 7) is 0. The molecule has 0 saturated heterocycles. The van der Waals surface area contributed by atoms with E-state index < -0.39 is 0 Å². The smallest absolute Gasteiger partial charge is 0.136 e. The van der Waals surface area contributed by atoms with E-state index in [0.29, 0.717) is 0 Å². The van der Waals surface area contributed by atoms with Gasteiger partial charge in [-0.25, -0.2) is 0 Å². The highest BCUT2D eigenvalue weighted by atomic mass is 16.3. The highest BCUT2D eigenvalue weighted by Crippen LogP contribution is 2.43. The summed E-state index contributed by atoms with van der Waals surface area (Å²) in [6.07, 6.45) is 0. The van der Waals surface area contributed by atoms with E-state index >= 15 is 0 Å². The highest BCUT2D eigenvalue weighted by molar-refractivity contribution is 6.12. The van der Waals surface area contributed by atoms with Crippen LogP contribution in [0.4, 0.5) is 17.1 Å². The second-order valence-corrected chi connectivity index (χ2v) is 16.1. The van der Waals surface area contributed by atoms with Crippen molar-refractivity contribution in [1.29, 1.82) is 0 Å². The van der Waals surface area contributed by atoms with Crippen LogP contribution in [-0.4, -0.2) is 4.57 Å². The molecule has 0 radical (unpaired) electrons. The molecule has 0 fully saturated rings. The van der Waals surface area contributed by atoms with Crippen molar-refractivity contribution in [2.45, 2.75) is 0 Å². The third kappa shape index (κ3) is 6.38. The Morgan fingerprint density at radius 1 is 0.317 bits per heavy atom. The summed E-state index contributed by atoms with van der Waals surface area (Å²) in [4.78, 5) is 2.38. The quantitative estimate of drug-likeness (QED) is 0.153. The van der Waals surface area contributed by atoms with Crippen molar-refractivity contribution in [3.8, 4) is 50.2 Å². The van der Waals surface area contributed by atoms with Gasteiger partial charge in [0, 0.05) is 44.2 Å². The van der Waals surface area contributed by atoms with Crippen molar-refractivity contribution in [2.24, 2.45) is 0 Å².